The van der Waals surface area contributed by atoms with Gasteiger partial charge in [0.05, 0.1) is 0 Å². The van der Waals surface area contributed by atoms with E-state index in [2.05, 4.69) is 32.9 Å². The van der Waals surface area contributed by atoms with Crippen molar-refractivity contribution < 1.29 is 28.6 Å². The lowest BCUT2D eigenvalue weighted by Gasteiger charge is -2.18. The molecule has 0 aromatic carbocycles. The number of ether oxygens (including phenoxy) is 3. The molecule has 0 aliphatic carbocycles. The van der Waals surface area contributed by atoms with Gasteiger partial charge < -0.3 is 14.2 Å². The van der Waals surface area contributed by atoms with Gasteiger partial charge in [0, 0.05) is 19.3 Å². The highest BCUT2D eigenvalue weighted by atomic mass is 16.6. The van der Waals surface area contributed by atoms with Gasteiger partial charge in [-0.2, -0.15) is 0 Å². The summed E-state index contributed by atoms with van der Waals surface area (Å²) in [6, 6.07) is 0. The molecule has 0 aliphatic rings. The Bertz CT molecular complexity index is 900. The van der Waals surface area contributed by atoms with Crippen molar-refractivity contribution in [3.63, 3.8) is 0 Å². The molecule has 0 aromatic rings. The number of carbonyl (C=O) groups excluding carboxylic acids is 3. The molecule has 0 rings (SSSR count). The summed E-state index contributed by atoms with van der Waals surface area (Å²) >= 11 is 0. The van der Waals surface area contributed by atoms with Crippen LogP contribution in [0.15, 0.2) is 12.2 Å². The molecule has 0 aromatic heterocycles. The number of unbranched alkanes of at least 4 members (excludes halogenated alkanes) is 34. The normalized spacial score (nSPS) is 12.0. The zero-order valence-corrected chi connectivity index (χ0v) is 39.1. The van der Waals surface area contributed by atoms with Gasteiger partial charge in [0.1, 0.15) is 13.2 Å². The molecule has 0 saturated heterocycles. The van der Waals surface area contributed by atoms with Crippen molar-refractivity contribution in [2.45, 2.75) is 290 Å². The highest BCUT2D eigenvalue weighted by Crippen LogP contribution is 2.16. The number of rotatable bonds is 47. The van der Waals surface area contributed by atoms with Crippen LogP contribution in [0.4, 0.5) is 0 Å². The summed E-state index contributed by atoms with van der Waals surface area (Å²) in [6.45, 7) is 6.65. The van der Waals surface area contributed by atoms with Gasteiger partial charge in [-0.3, -0.25) is 14.4 Å². The third-order valence-electron chi connectivity index (χ3n) is 11.5. The van der Waals surface area contributed by atoms with Crippen LogP contribution in [0, 0.1) is 0 Å². The highest BCUT2D eigenvalue weighted by Gasteiger charge is 2.19. The van der Waals surface area contributed by atoms with E-state index >= 15 is 0 Å². The van der Waals surface area contributed by atoms with E-state index in [0.717, 1.165) is 57.8 Å². The summed E-state index contributed by atoms with van der Waals surface area (Å²) < 4.78 is 16.8. The first-order valence-corrected chi connectivity index (χ1v) is 25.7. The summed E-state index contributed by atoms with van der Waals surface area (Å²) in [4.78, 5) is 37.9. The monoisotopic (exact) mass is 819 g/mol. The van der Waals surface area contributed by atoms with Crippen molar-refractivity contribution in [3.05, 3.63) is 12.2 Å². The predicted molar refractivity (Wildman–Crippen MR) is 247 cm³/mol. The molecule has 0 spiro atoms. The van der Waals surface area contributed by atoms with E-state index in [1.807, 2.05) is 0 Å². The third kappa shape index (κ3) is 45.2. The molecule has 6 heteroatoms. The molecule has 0 bridgehead atoms. The Hall–Kier alpha value is -1.85. The Labute approximate surface area is 360 Å². The topological polar surface area (TPSA) is 78.9 Å². The fourth-order valence-electron chi connectivity index (χ4n) is 7.61. The second-order valence-electron chi connectivity index (χ2n) is 17.4. The van der Waals surface area contributed by atoms with E-state index in [1.165, 1.54) is 186 Å². The van der Waals surface area contributed by atoms with Crippen LogP contribution in [0.1, 0.15) is 284 Å². The molecule has 0 unspecified atom stereocenters. The van der Waals surface area contributed by atoms with Crippen LogP contribution in [-0.4, -0.2) is 37.2 Å². The highest BCUT2D eigenvalue weighted by molar-refractivity contribution is 5.71. The van der Waals surface area contributed by atoms with Gasteiger partial charge in [-0.25, -0.2) is 0 Å². The molecule has 0 saturated carbocycles. The van der Waals surface area contributed by atoms with Crippen LogP contribution in [-0.2, 0) is 28.6 Å². The molecule has 0 fully saturated rings. The Kier molecular flexibility index (Phi) is 46.3. The second-order valence-corrected chi connectivity index (χ2v) is 17.4. The van der Waals surface area contributed by atoms with Crippen molar-refractivity contribution in [3.8, 4) is 0 Å². The molecule has 0 heterocycles. The van der Waals surface area contributed by atoms with Gasteiger partial charge in [0.15, 0.2) is 6.10 Å². The molecule has 0 radical (unpaired) electrons. The molecular weight excluding hydrogens is 721 g/mol. The summed E-state index contributed by atoms with van der Waals surface area (Å²) in [6.07, 6.45) is 51.9. The standard InChI is InChI=1S/C52H98O6/c1-4-7-10-13-16-19-22-24-25-26-27-28-31-33-36-39-42-45-51(54)57-48-49(47-56-50(53)44-41-38-35-32-29-21-18-15-12-9-6-3)58-52(55)46-43-40-37-34-30-23-20-17-14-11-8-5-2/h24-25,49H,4-23,26-48H2,1-3H3/b25-24-/t49-/m1/s1. The van der Waals surface area contributed by atoms with E-state index in [9.17, 15) is 14.4 Å². The number of hydrogen-bond donors (Lipinski definition) is 0. The van der Waals surface area contributed by atoms with Crippen LogP contribution in [0.5, 0.6) is 0 Å². The van der Waals surface area contributed by atoms with E-state index in [4.69, 9.17) is 14.2 Å². The molecule has 0 amide bonds. The van der Waals surface area contributed by atoms with Gasteiger partial charge in [-0.05, 0) is 44.9 Å². The average Bonchev–Trinajstić information content (AvgIpc) is 3.22. The van der Waals surface area contributed by atoms with Crippen molar-refractivity contribution in [1.29, 1.82) is 0 Å². The fourth-order valence-corrected chi connectivity index (χ4v) is 7.61. The summed E-state index contributed by atoms with van der Waals surface area (Å²) in [5.74, 6) is -0.856. The summed E-state index contributed by atoms with van der Waals surface area (Å²) in [7, 11) is 0. The maximum absolute atomic E-state index is 12.7. The van der Waals surface area contributed by atoms with E-state index in [-0.39, 0.29) is 31.1 Å². The minimum absolute atomic E-state index is 0.0662. The first kappa shape index (κ1) is 56.1. The second kappa shape index (κ2) is 47.8. The SMILES string of the molecule is CCCCCCCC/C=C\CCCCCCCCCC(=O)OC[C@@H](COC(=O)CCCCCCCCCCCCC)OC(=O)CCCCCCCCCCCCCC. The molecule has 342 valence electrons. The minimum atomic E-state index is -0.763. The zero-order chi connectivity index (χ0) is 42.3. The van der Waals surface area contributed by atoms with Gasteiger partial charge in [-0.15, -0.1) is 0 Å². The van der Waals surface area contributed by atoms with Gasteiger partial charge in [0.25, 0.3) is 0 Å². The average molecular weight is 819 g/mol. The van der Waals surface area contributed by atoms with E-state index < -0.39 is 6.10 Å². The maximum Gasteiger partial charge on any atom is 0.306 e. The van der Waals surface area contributed by atoms with E-state index in [0.29, 0.717) is 19.3 Å². The lowest BCUT2D eigenvalue weighted by atomic mass is 10.0. The summed E-state index contributed by atoms with van der Waals surface area (Å²) in [5.41, 5.74) is 0. The van der Waals surface area contributed by atoms with Crippen molar-refractivity contribution in [2.24, 2.45) is 0 Å². The van der Waals surface area contributed by atoms with Gasteiger partial charge >= 0.3 is 17.9 Å². The molecule has 0 N–H and O–H groups in total. The maximum atomic E-state index is 12.7. The lowest BCUT2D eigenvalue weighted by Crippen LogP contribution is -2.30. The van der Waals surface area contributed by atoms with Crippen molar-refractivity contribution in [1.82, 2.24) is 0 Å². The number of esters is 3. The van der Waals surface area contributed by atoms with Crippen LogP contribution in [0.2, 0.25) is 0 Å². The Morgan fingerprint density at radius 2 is 0.569 bits per heavy atom. The summed E-state index contributed by atoms with van der Waals surface area (Å²) in [5, 5.41) is 0. The van der Waals surface area contributed by atoms with Crippen LogP contribution >= 0.6 is 0 Å². The minimum Gasteiger partial charge on any atom is -0.462 e. The quantitative estimate of drug-likeness (QED) is 0.0263. The Morgan fingerprint density at radius 1 is 0.328 bits per heavy atom. The van der Waals surface area contributed by atoms with Crippen molar-refractivity contribution >= 4 is 17.9 Å². The van der Waals surface area contributed by atoms with Crippen LogP contribution < -0.4 is 0 Å². The Balaban J connectivity index is 4.30. The van der Waals surface area contributed by atoms with Crippen molar-refractivity contribution in [2.75, 3.05) is 13.2 Å². The molecular formula is C52H98O6. The zero-order valence-electron chi connectivity index (χ0n) is 39.1. The smallest absolute Gasteiger partial charge is 0.306 e. The van der Waals surface area contributed by atoms with Crippen LogP contribution in [0.3, 0.4) is 0 Å². The Morgan fingerprint density at radius 3 is 0.862 bits per heavy atom. The molecule has 58 heavy (non-hydrogen) atoms. The largest absolute Gasteiger partial charge is 0.462 e. The predicted octanol–water partition coefficient (Wildman–Crippen LogP) is 16.6. The molecule has 1 atom stereocenters. The number of hydrogen-bond acceptors (Lipinski definition) is 6. The number of allylic oxidation sites excluding steroid dienone is 2. The van der Waals surface area contributed by atoms with Gasteiger partial charge in [0.2, 0.25) is 0 Å². The first-order chi connectivity index (χ1) is 28.5. The molecule has 6 nitrogen and oxygen atoms in total. The molecule has 0 aliphatic heterocycles. The lowest BCUT2D eigenvalue weighted by molar-refractivity contribution is -0.167. The van der Waals surface area contributed by atoms with Gasteiger partial charge in [-0.1, -0.05) is 232 Å². The first-order valence-electron chi connectivity index (χ1n) is 25.7. The van der Waals surface area contributed by atoms with E-state index in [1.54, 1.807) is 0 Å². The fraction of sp³-hybridized carbons (Fsp3) is 0.904. The number of carbonyl (C=O) groups is 3. The third-order valence-corrected chi connectivity index (χ3v) is 11.5. The van der Waals surface area contributed by atoms with Crippen LogP contribution in [0.25, 0.3) is 0 Å².